The van der Waals surface area contributed by atoms with Crippen molar-refractivity contribution in [2.45, 2.75) is 127 Å². The molecule has 2 heterocycles. The van der Waals surface area contributed by atoms with Crippen LogP contribution in [0.3, 0.4) is 0 Å². The number of ether oxygens (including phenoxy) is 4. The van der Waals surface area contributed by atoms with Crippen molar-refractivity contribution >= 4 is 11.9 Å². The lowest BCUT2D eigenvalue weighted by molar-refractivity contribution is -0.165. The highest BCUT2D eigenvalue weighted by atomic mass is 16.6. The van der Waals surface area contributed by atoms with Gasteiger partial charge in [-0.15, -0.1) is 0 Å². The predicted octanol–water partition coefficient (Wildman–Crippen LogP) is 4.25. The molecule has 6 rings (SSSR count). The first-order chi connectivity index (χ1) is 19.7. The second-order valence-electron chi connectivity index (χ2n) is 15.2. The number of benzene rings is 1. The molecule has 0 unspecified atom stereocenters. The van der Waals surface area contributed by atoms with Crippen molar-refractivity contribution in [1.82, 2.24) is 10.2 Å². The number of phenolic OH excluding ortho intramolecular Hbond substituents is 1. The molecule has 42 heavy (non-hydrogen) atoms. The van der Waals surface area contributed by atoms with Crippen LogP contribution in [0.4, 0.5) is 0 Å². The van der Waals surface area contributed by atoms with Gasteiger partial charge in [-0.1, -0.05) is 0 Å². The molecule has 5 aliphatic rings. The molecular weight excluding hydrogens is 536 g/mol. The van der Waals surface area contributed by atoms with Crippen molar-refractivity contribution < 1.29 is 33.6 Å². The fraction of sp³-hybridized carbons (Fsp3) is 0.758. The maximum atomic E-state index is 13.5. The average Bonchev–Trinajstić information content (AvgIpc) is 3.62. The minimum Gasteiger partial charge on any atom is -0.504 e. The van der Waals surface area contributed by atoms with Crippen molar-refractivity contribution in [3.8, 4) is 17.2 Å². The number of aromatic hydroxyl groups is 1. The molecule has 1 spiro atoms. The van der Waals surface area contributed by atoms with Gasteiger partial charge in [-0.3, -0.25) is 19.8 Å². The van der Waals surface area contributed by atoms with Crippen molar-refractivity contribution in [3.63, 3.8) is 0 Å². The number of hydrogen-bond donors (Lipinski definition) is 2. The summed E-state index contributed by atoms with van der Waals surface area (Å²) in [4.78, 5) is 29.1. The molecule has 2 saturated carbocycles. The largest absolute Gasteiger partial charge is 0.504 e. The molecule has 2 N–H and O–H groups in total. The van der Waals surface area contributed by atoms with Crippen LogP contribution < -0.4 is 14.8 Å². The minimum absolute atomic E-state index is 0.100. The summed E-state index contributed by atoms with van der Waals surface area (Å²) in [7, 11) is 1.67. The summed E-state index contributed by atoms with van der Waals surface area (Å²) in [5, 5.41) is 14.7. The van der Waals surface area contributed by atoms with E-state index in [-0.39, 0.29) is 29.7 Å². The zero-order valence-electron chi connectivity index (χ0n) is 26.2. The highest BCUT2D eigenvalue weighted by Crippen LogP contribution is 2.65. The lowest BCUT2D eigenvalue weighted by Crippen LogP contribution is -2.69. The predicted molar refractivity (Wildman–Crippen MR) is 157 cm³/mol. The SMILES string of the molecule is COc1cc(O)c2c3c1C[C@@H]1[C@@H]4CC[C@@H](N[C@@H](CC(=O)OC(C)(C)C)C(=O)OC(C)(C)C)[C@H](O2)[C@]34CCN1CC1CC1. The lowest BCUT2D eigenvalue weighted by Gasteiger charge is -2.60. The maximum absolute atomic E-state index is 13.5. The molecule has 0 aromatic heterocycles. The number of carbonyl (C=O) groups is 2. The first kappa shape index (κ1) is 29.5. The number of piperidine rings is 1. The standard InChI is InChI=1S/C33H48N2O7/c1-31(2,3)41-26(37)15-22(30(38)42-32(4,5)6)34-21-11-10-20-23-14-19-25(39-7)16-24(36)28-27(19)33(20,29(21)40-28)12-13-35(23)17-18-8-9-18/h16,18,20-23,29,34,36H,8-15,17H2,1-7H3/t20-,21+,22-,23+,29-,33-/m0/s1. The summed E-state index contributed by atoms with van der Waals surface area (Å²) in [5.41, 5.74) is 0.571. The van der Waals surface area contributed by atoms with Gasteiger partial charge in [0.25, 0.3) is 0 Å². The Morgan fingerprint density at radius 3 is 2.48 bits per heavy atom. The molecule has 0 amide bonds. The van der Waals surface area contributed by atoms with Crippen LogP contribution in [0, 0.1) is 11.8 Å². The summed E-state index contributed by atoms with van der Waals surface area (Å²) in [5.74, 6) is 1.62. The van der Waals surface area contributed by atoms with Crippen LogP contribution in [0.15, 0.2) is 6.07 Å². The van der Waals surface area contributed by atoms with Crippen molar-refractivity contribution in [3.05, 3.63) is 17.2 Å². The number of nitrogens with zero attached hydrogens (tertiary/aromatic N) is 1. The third kappa shape index (κ3) is 5.25. The molecule has 2 aliphatic heterocycles. The zero-order chi connectivity index (χ0) is 30.2. The van der Waals surface area contributed by atoms with Crippen LogP contribution >= 0.6 is 0 Å². The summed E-state index contributed by atoms with van der Waals surface area (Å²) < 4.78 is 24.0. The van der Waals surface area contributed by atoms with Gasteiger partial charge in [0.05, 0.1) is 13.5 Å². The van der Waals surface area contributed by atoms with E-state index in [0.717, 1.165) is 61.6 Å². The maximum Gasteiger partial charge on any atom is 0.324 e. The number of esters is 2. The number of methoxy groups -OCH3 is 1. The van der Waals surface area contributed by atoms with Gasteiger partial charge in [0, 0.05) is 41.2 Å². The van der Waals surface area contributed by atoms with Crippen LogP contribution in [0.1, 0.15) is 91.2 Å². The quantitative estimate of drug-likeness (QED) is 0.434. The molecule has 232 valence electrons. The molecular formula is C33H48N2O7. The van der Waals surface area contributed by atoms with Crippen molar-refractivity contribution in [2.24, 2.45) is 11.8 Å². The Kier molecular flexibility index (Phi) is 7.24. The van der Waals surface area contributed by atoms with Crippen LogP contribution in [0.2, 0.25) is 0 Å². The fourth-order valence-corrected chi connectivity index (χ4v) is 8.28. The molecule has 2 bridgehead atoms. The molecule has 1 aromatic rings. The molecule has 9 nitrogen and oxygen atoms in total. The van der Waals surface area contributed by atoms with Gasteiger partial charge in [0.2, 0.25) is 0 Å². The number of phenols is 1. The Morgan fingerprint density at radius 2 is 1.83 bits per heavy atom. The molecule has 6 atom stereocenters. The van der Waals surface area contributed by atoms with Gasteiger partial charge in [-0.05, 0) is 98.4 Å². The van der Waals surface area contributed by atoms with Gasteiger partial charge in [0.15, 0.2) is 11.5 Å². The lowest BCUT2D eigenvalue weighted by atomic mass is 9.51. The van der Waals surface area contributed by atoms with E-state index < -0.39 is 29.2 Å². The Hall–Kier alpha value is -2.52. The number of hydrogen-bond acceptors (Lipinski definition) is 9. The van der Waals surface area contributed by atoms with E-state index in [9.17, 15) is 14.7 Å². The smallest absolute Gasteiger partial charge is 0.324 e. The average molecular weight is 585 g/mol. The van der Waals surface area contributed by atoms with Gasteiger partial charge < -0.3 is 24.1 Å². The molecule has 1 aromatic carbocycles. The minimum atomic E-state index is -0.888. The summed E-state index contributed by atoms with van der Waals surface area (Å²) in [6.45, 7) is 13.1. The van der Waals surface area contributed by atoms with Crippen molar-refractivity contribution in [1.29, 1.82) is 0 Å². The van der Waals surface area contributed by atoms with E-state index in [1.165, 1.54) is 12.8 Å². The van der Waals surface area contributed by atoms with Crippen LogP contribution in [-0.2, 0) is 30.9 Å². The fourth-order valence-electron chi connectivity index (χ4n) is 8.28. The molecule has 3 fully saturated rings. The van der Waals surface area contributed by atoms with E-state index in [0.29, 0.717) is 17.7 Å². The third-order valence-electron chi connectivity index (χ3n) is 9.83. The first-order valence-corrected chi connectivity index (χ1v) is 15.7. The Bertz CT molecular complexity index is 1250. The third-order valence-corrected chi connectivity index (χ3v) is 9.83. The van der Waals surface area contributed by atoms with E-state index in [4.69, 9.17) is 18.9 Å². The number of carbonyl (C=O) groups excluding carboxylic acids is 2. The molecule has 9 heteroatoms. The topological polar surface area (TPSA) is 107 Å². The Labute approximate surface area is 249 Å². The van der Waals surface area contributed by atoms with Gasteiger partial charge in [-0.2, -0.15) is 0 Å². The summed E-state index contributed by atoms with van der Waals surface area (Å²) in [6, 6.07) is 0.964. The number of likely N-dealkylation sites (tertiary alicyclic amines) is 1. The normalized spacial score (nSPS) is 30.6. The number of nitrogens with one attached hydrogen (secondary N) is 1. The second kappa shape index (κ2) is 10.3. The molecule has 3 aliphatic carbocycles. The van der Waals surface area contributed by atoms with E-state index in [1.807, 2.05) is 41.5 Å². The number of rotatable bonds is 8. The van der Waals surface area contributed by atoms with E-state index >= 15 is 0 Å². The zero-order valence-corrected chi connectivity index (χ0v) is 26.2. The summed E-state index contributed by atoms with van der Waals surface area (Å²) in [6.07, 6.45) is 5.76. The van der Waals surface area contributed by atoms with Crippen LogP contribution in [0.5, 0.6) is 17.2 Å². The Morgan fingerprint density at radius 1 is 1.12 bits per heavy atom. The van der Waals surface area contributed by atoms with Crippen LogP contribution in [0.25, 0.3) is 0 Å². The van der Waals surface area contributed by atoms with Crippen LogP contribution in [-0.4, -0.2) is 77.6 Å². The summed E-state index contributed by atoms with van der Waals surface area (Å²) >= 11 is 0. The highest BCUT2D eigenvalue weighted by Gasteiger charge is 2.66. The monoisotopic (exact) mass is 584 g/mol. The molecule has 1 saturated heterocycles. The van der Waals surface area contributed by atoms with E-state index in [1.54, 1.807) is 13.2 Å². The van der Waals surface area contributed by atoms with Gasteiger partial charge >= 0.3 is 11.9 Å². The Balaban J connectivity index is 1.34. The highest BCUT2D eigenvalue weighted by molar-refractivity contribution is 5.83. The van der Waals surface area contributed by atoms with Gasteiger partial charge in [0.1, 0.15) is 29.1 Å². The van der Waals surface area contributed by atoms with E-state index in [2.05, 4.69) is 10.2 Å². The molecule has 0 radical (unpaired) electrons. The first-order valence-electron chi connectivity index (χ1n) is 15.7. The van der Waals surface area contributed by atoms with Crippen molar-refractivity contribution in [2.75, 3.05) is 20.2 Å². The van der Waals surface area contributed by atoms with Gasteiger partial charge in [-0.25, -0.2) is 0 Å². The second-order valence-corrected chi connectivity index (χ2v) is 15.2.